The molecule has 0 saturated carbocycles. The maximum atomic E-state index is 11.4. The van der Waals surface area contributed by atoms with E-state index in [-0.39, 0.29) is 11.3 Å². The molecule has 2 unspecified atom stereocenters. The van der Waals surface area contributed by atoms with Gasteiger partial charge < -0.3 is 14.9 Å². The van der Waals surface area contributed by atoms with Gasteiger partial charge in [-0.15, -0.1) is 0 Å². The predicted octanol–water partition coefficient (Wildman–Crippen LogP) is 3.47. The molecule has 3 heteroatoms. The summed E-state index contributed by atoms with van der Waals surface area (Å²) in [7, 11) is 2.18. The van der Waals surface area contributed by atoms with E-state index in [1.807, 2.05) is 0 Å². The van der Waals surface area contributed by atoms with Gasteiger partial charge in [0.2, 0.25) is 0 Å². The van der Waals surface area contributed by atoms with Gasteiger partial charge >= 0.3 is 0 Å². The van der Waals surface area contributed by atoms with Crippen LogP contribution in [0, 0.1) is 5.92 Å². The second-order valence-electron chi connectivity index (χ2n) is 8.61. The first-order valence-corrected chi connectivity index (χ1v) is 9.41. The van der Waals surface area contributed by atoms with E-state index in [1.54, 1.807) is 0 Å². The highest BCUT2D eigenvalue weighted by Gasteiger charge is 2.35. The highest BCUT2D eigenvalue weighted by atomic mass is 16.3. The van der Waals surface area contributed by atoms with E-state index >= 15 is 0 Å². The molecule has 3 nitrogen and oxygen atoms in total. The molecule has 1 saturated heterocycles. The van der Waals surface area contributed by atoms with E-state index in [0.29, 0.717) is 0 Å². The van der Waals surface area contributed by atoms with Crippen molar-refractivity contribution in [1.29, 1.82) is 0 Å². The smallest absolute Gasteiger partial charge is 0.0931 e. The Labute approximate surface area is 148 Å². The number of likely N-dealkylation sites (N-methyl/N-ethyl adjacent to an activating group) is 1. The summed E-state index contributed by atoms with van der Waals surface area (Å²) in [5, 5.41) is 11.4. The Balaban J connectivity index is 2.11. The third-order valence-electron chi connectivity index (χ3n) is 5.73. The average molecular weight is 333 g/mol. The van der Waals surface area contributed by atoms with Crippen molar-refractivity contribution >= 4 is 0 Å². The van der Waals surface area contributed by atoms with Gasteiger partial charge in [-0.25, -0.2) is 0 Å². The standard InChI is InChI=1S/C21H36N2O/c1-7-21(24,17(2)16-23-14-12-22(6)13-15-23)19-10-8-18(9-11-19)20(3,4)5/h8-11,17,24H,7,12-16H2,1-6H3. The van der Waals surface area contributed by atoms with Crippen molar-refractivity contribution in [2.45, 2.75) is 52.1 Å². The van der Waals surface area contributed by atoms with E-state index < -0.39 is 5.60 Å². The average Bonchev–Trinajstić information content (AvgIpc) is 2.55. The minimum Gasteiger partial charge on any atom is -0.385 e. The van der Waals surface area contributed by atoms with Crippen molar-refractivity contribution in [2.24, 2.45) is 5.92 Å². The van der Waals surface area contributed by atoms with Crippen molar-refractivity contribution in [3.63, 3.8) is 0 Å². The number of piperazine rings is 1. The third kappa shape index (κ3) is 4.38. The number of hydrogen-bond acceptors (Lipinski definition) is 3. The second kappa shape index (κ2) is 7.55. The minimum absolute atomic E-state index is 0.147. The Bertz CT molecular complexity index is 512. The Hall–Kier alpha value is -0.900. The van der Waals surface area contributed by atoms with Crippen molar-refractivity contribution in [2.75, 3.05) is 39.8 Å². The van der Waals surface area contributed by atoms with E-state index in [9.17, 15) is 5.11 Å². The Morgan fingerprint density at radius 3 is 1.96 bits per heavy atom. The molecule has 2 rings (SSSR count). The van der Waals surface area contributed by atoms with E-state index in [4.69, 9.17) is 0 Å². The zero-order chi connectivity index (χ0) is 18.0. The molecule has 1 aromatic carbocycles. The van der Waals surface area contributed by atoms with Gasteiger partial charge in [-0.3, -0.25) is 0 Å². The lowest BCUT2D eigenvalue weighted by atomic mass is 9.78. The topological polar surface area (TPSA) is 26.7 Å². The summed E-state index contributed by atoms with van der Waals surface area (Å²) in [6.45, 7) is 16.4. The number of aliphatic hydroxyl groups is 1. The summed E-state index contributed by atoms with van der Waals surface area (Å²) in [6.07, 6.45) is 0.747. The van der Waals surface area contributed by atoms with E-state index in [1.165, 1.54) is 5.56 Å². The molecule has 0 radical (unpaired) electrons. The Morgan fingerprint density at radius 2 is 1.50 bits per heavy atom. The molecule has 2 atom stereocenters. The van der Waals surface area contributed by atoms with Crippen LogP contribution in [0.5, 0.6) is 0 Å². The van der Waals surface area contributed by atoms with Crippen LogP contribution < -0.4 is 0 Å². The zero-order valence-electron chi connectivity index (χ0n) is 16.5. The van der Waals surface area contributed by atoms with Crippen LogP contribution in [0.4, 0.5) is 0 Å². The number of benzene rings is 1. The monoisotopic (exact) mass is 332 g/mol. The highest BCUT2D eigenvalue weighted by Crippen LogP contribution is 2.35. The van der Waals surface area contributed by atoms with Crippen LogP contribution >= 0.6 is 0 Å². The molecule has 1 N–H and O–H groups in total. The molecule has 24 heavy (non-hydrogen) atoms. The van der Waals surface area contributed by atoms with Crippen LogP contribution in [0.1, 0.15) is 52.2 Å². The molecular weight excluding hydrogens is 296 g/mol. The van der Waals surface area contributed by atoms with Crippen LogP contribution in [0.3, 0.4) is 0 Å². The molecule has 1 aliphatic rings. The molecule has 0 aromatic heterocycles. The first-order valence-electron chi connectivity index (χ1n) is 9.41. The van der Waals surface area contributed by atoms with E-state index in [0.717, 1.165) is 44.7 Å². The predicted molar refractivity (Wildman–Crippen MR) is 102 cm³/mol. The van der Waals surface area contributed by atoms with Crippen molar-refractivity contribution in [3.05, 3.63) is 35.4 Å². The van der Waals surface area contributed by atoms with Crippen molar-refractivity contribution in [3.8, 4) is 0 Å². The van der Waals surface area contributed by atoms with Crippen molar-refractivity contribution < 1.29 is 5.11 Å². The van der Waals surface area contributed by atoms with Crippen molar-refractivity contribution in [1.82, 2.24) is 9.80 Å². The maximum absolute atomic E-state index is 11.4. The maximum Gasteiger partial charge on any atom is 0.0931 e. The van der Waals surface area contributed by atoms with Gasteiger partial charge in [0, 0.05) is 38.6 Å². The molecular formula is C21H36N2O. The first-order chi connectivity index (χ1) is 11.2. The molecule has 136 valence electrons. The SMILES string of the molecule is CCC(O)(c1ccc(C(C)(C)C)cc1)C(C)CN1CCN(C)CC1. The lowest BCUT2D eigenvalue weighted by Gasteiger charge is -2.40. The summed E-state index contributed by atoms with van der Waals surface area (Å²) in [5.74, 6) is 0.214. The van der Waals surface area contributed by atoms with E-state index in [2.05, 4.69) is 75.7 Å². The Morgan fingerprint density at radius 1 is 1.00 bits per heavy atom. The van der Waals surface area contributed by atoms with Crippen LogP contribution in [0.25, 0.3) is 0 Å². The Kier molecular flexibility index (Phi) is 6.11. The van der Waals surface area contributed by atoms with Gasteiger partial charge in [-0.05, 0) is 30.0 Å². The quantitative estimate of drug-likeness (QED) is 0.894. The molecule has 0 spiro atoms. The fourth-order valence-electron chi connectivity index (χ4n) is 3.66. The first kappa shape index (κ1) is 19.4. The molecule has 1 heterocycles. The summed E-state index contributed by atoms with van der Waals surface area (Å²) >= 11 is 0. The fraction of sp³-hybridized carbons (Fsp3) is 0.714. The molecule has 1 fully saturated rings. The summed E-state index contributed by atoms with van der Waals surface area (Å²) in [4.78, 5) is 4.87. The third-order valence-corrected chi connectivity index (χ3v) is 5.73. The second-order valence-corrected chi connectivity index (χ2v) is 8.61. The van der Waals surface area contributed by atoms with Gasteiger partial charge in [0.05, 0.1) is 5.60 Å². The highest BCUT2D eigenvalue weighted by molar-refractivity contribution is 5.31. The van der Waals surface area contributed by atoms with Gasteiger partial charge in [0.1, 0.15) is 0 Å². The normalized spacial score (nSPS) is 21.5. The lowest BCUT2D eigenvalue weighted by Crippen LogP contribution is -2.48. The summed E-state index contributed by atoms with van der Waals surface area (Å²) < 4.78 is 0. The van der Waals surface area contributed by atoms with Crippen LogP contribution in [0.2, 0.25) is 0 Å². The van der Waals surface area contributed by atoms with Gasteiger partial charge in [0.15, 0.2) is 0 Å². The lowest BCUT2D eigenvalue weighted by molar-refractivity contribution is -0.0371. The van der Waals surface area contributed by atoms with Crippen LogP contribution in [-0.2, 0) is 11.0 Å². The number of hydrogen-bond donors (Lipinski definition) is 1. The van der Waals surface area contributed by atoms with Crippen LogP contribution in [-0.4, -0.2) is 54.7 Å². The fourth-order valence-corrected chi connectivity index (χ4v) is 3.66. The minimum atomic E-state index is -0.750. The van der Waals surface area contributed by atoms with Gasteiger partial charge in [-0.2, -0.15) is 0 Å². The molecule has 1 aliphatic heterocycles. The molecule has 0 bridgehead atoms. The molecule has 1 aromatic rings. The van der Waals surface area contributed by atoms with Gasteiger partial charge in [0.25, 0.3) is 0 Å². The molecule has 0 amide bonds. The number of nitrogens with zero attached hydrogens (tertiary/aromatic N) is 2. The number of rotatable bonds is 5. The summed E-state index contributed by atoms with van der Waals surface area (Å²) in [6, 6.07) is 8.62. The van der Waals surface area contributed by atoms with Crippen LogP contribution in [0.15, 0.2) is 24.3 Å². The van der Waals surface area contributed by atoms with Gasteiger partial charge in [-0.1, -0.05) is 58.9 Å². The largest absolute Gasteiger partial charge is 0.385 e. The summed E-state index contributed by atoms with van der Waals surface area (Å²) in [5.41, 5.74) is 1.77. The zero-order valence-corrected chi connectivity index (χ0v) is 16.5. The molecule has 0 aliphatic carbocycles.